The highest BCUT2D eigenvalue weighted by Crippen LogP contribution is 2.34. The van der Waals surface area contributed by atoms with Crippen molar-refractivity contribution in [3.8, 4) is 23.1 Å². The number of ether oxygens (including phenoxy) is 1. The van der Waals surface area contributed by atoms with Gasteiger partial charge < -0.3 is 14.9 Å². The Kier molecular flexibility index (Phi) is 5.59. The molecule has 0 saturated heterocycles. The van der Waals surface area contributed by atoms with Crippen LogP contribution in [-0.2, 0) is 10.0 Å². The Balaban J connectivity index is 1.46. The number of benzene rings is 2. The zero-order chi connectivity index (χ0) is 24.4. The van der Waals surface area contributed by atoms with E-state index in [1.165, 1.54) is 36.5 Å². The van der Waals surface area contributed by atoms with E-state index in [-0.39, 0.29) is 17.3 Å². The number of nitrogens with one attached hydrogen (secondary N) is 1. The highest BCUT2D eigenvalue weighted by atomic mass is 32.2. The van der Waals surface area contributed by atoms with Gasteiger partial charge in [-0.2, -0.15) is 8.42 Å². The number of oxazole rings is 1. The summed E-state index contributed by atoms with van der Waals surface area (Å²) in [6.07, 6.45) is 1.42. The monoisotopic (exact) mass is 487 g/mol. The third-order valence-electron chi connectivity index (χ3n) is 4.88. The van der Waals surface area contributed by atoms with Gasteiger partial charge in [0.2, 0.25) is 11.8 Å². The lowest BCUT2D eigenvalue weighted by Gasteiger charge is -2.12. The first-order chi connectivity index (χ1) is 16.9. The molecule has 0 aliphatic heterocycles. The Bertz CT molecular complexity index is 1630. The number of anilines is 1. The number of hydrogen-bond donors (Lipinski definition) is 2. The third-order valence-corrected chi connectivity index (χ3v) is 6.11. The van der Waals surface area contributed by atoms with Gasteiger partial charge in [-0.3, -0.25) is 4.79 Å². The summed E-state index contributed by atoms with van der Waals surface area (Å²) in [5, 5.41) is -0.390. The number of nitrogens with zero attached hydrogens (tertiary/aromatic N) is 3. The van der Waals surface area contributed by atoms with Crippen molar-refractivity contribution in [1.82, 2.24) is 19.7 Å². The fourth-order valence-electron chi connectivity index (χ4n) is 3.28. The summed E-state index contributed by atoms with van der Waals surface area (Å²) in [4.78, 5) is 25.3. The number of hydrogen-bond acceptors (Lipinski definition) is 9. The van der Waals surface area contributed by atoms with Crippen molar-refractivity contribution in [1.29, 1.82) is 0 Å². The zero-order valence-electron chi connectivity index (χ0n) is 18.0. The van der Waals surface area contributed by atoms with Crippen molar-refractivity contribution in [2.24, 2.45) is 0 Å². The maximum Gasteiger partial charge on any atom is 0.281 e. The standard InChI is InChI=1S/C24H17N5O5S/c25-20-12-5-13-21(28-20)35(31,32)29-22(30)16-8-6-14-26-23(16)33-18-10-3-1-7-15(18)24-27-17-9-2-4-11-19(17)34-24/h1-14H,(H2,25,28)(H,29,30). The number of rotatable bonds is 6. The van der Waals surface area contributed by atoms with Gasteiger partial charge in [-0.25, -0.2) is 19.7 Å². The van der Waals surface area contributed by atoms with Crippen LogP contribution in [0.2, 0.25) is 0 Å². The molecule has 0 fully saturated rings. The Hall–Kier alpha value is -4.77. The maximum atomic E-state index is 12.9. The smallest absolute Gasteiger partial charge is 0.281 e. The Morgan fingerprint density at radius 2 is 1.71 bits per heavy atom. The number of sulfonamides is 1. The van der Waals surface area contributed by atoms with Gasteiger partial charge in [0, 0.05) is 6.20 Å². The molecule has 1 amide bonds. The first-order valence-corrected chi connectivity index (χ1v) is 11.8. The van der Waals surface area contributed by atoms with Crippen LogP contribution >= 0.6 is 0 Å². The molecule has 35 heavy (non-hydrogen) atoms. The van der Waals surface area contributed by atoms with Crippen molar-refractivity contribution >= 4 is 32.8 Å². The number of nitrogen functional groups attached to an aromatic ring is 1. The molecule has 11 heteroatoms. The number of pyridine rings is 2. The average molecular weight is 487 g/mol. The summed E-state index contributed by atoms with van der Waals surface area (Å²) in [5.74, 6) is -0.422. The maximum absolute atomic E-state index is 12.9. The van der Waals surface area contributed by atoms with Gasteiger partial charge in [-0.05, 0) is 48.5 Å². The lowest BCUT2D eigenvalue weighted by molar-refractivity contribution is 0.0978. The summed E-state index contributed by atoms with van der Waals surface area (Å²) >= 11 is 0. The Morgan fingerprint density at radius 3 is 2.54 bits per heavy atom. The van der Waals surface area contributed by atoms with Crippen LogP contribution in [0.15, 0.2) is 94.5 Å². The first-order valence-electron chi connectivity index (χ1n) is 10.3. The van der Waals surface area contributed by atoms with E-state index in [2.05, 4.69) is 15.0 Å². The van der Waals surface area contributed by atoms with Crippen molar-refractivity contribution in [2.75, 3.05) is 5.73 Å². The molecule has 0 spiro atoms. The van der Waals surface area contributed by atoms with Gasteiger partial charge in [0.25, 0.3) is 15.9 Å². The largest absolute Gasteiger partial charge is 0.437 e. The van der Waals surface area contributed by atoms with Crippen LogP contribution in [0.3, 0.4) is 0 Å². The lowest BCUT2D eigenvalue weighted by atomic mass is 10.2. The summed E-state index contributed by atoms with van der Waals surface area (Å²) in [7, 11) is -4.28. The number of nitrogens with two attached hydrogens (primary N) is 1. The van der Waals surface area contributed by atoms with Crippen LogP contribution in [0.25, 0.3) is 22.6 Å². The fourth-order valence-corrected chi connectivity index (χ4v) is 4.22. The first kappa shape index (κ1) is 22.0. The van der Waals surface area contributed by atoms with Crippen molar-refractivity contribution in [3.05, 3.63) is 90.6 Å². The topological polar surface area (TPSA) is 150 Å². The quantitative estimate of drug-likeness (QED) is 0.365. The predicted molar refractivity (Wildman–Crippen MR) is 127 cm³/mol. The molecule has 0 radical (unpaired) electrons. The highest BCUT2D eigenvalue weighted by Gasteiger charge is 2.24. The van der Waals surface area contributed by atoms with Gasteiger partial charge in [0.15, 0.2) is 10.6 Å². The SMILES string of the molecule is Nc1cccc(S(=O)(=O)NC(=O)c2cccnc2Oc2ccccc2-c2nc3ccccc3o2)n1. The molecule has 0 saturated carbocycles. The molecule has 0 aliphatic carbocycles. The van der Waals surface area contributed by atoms with Gasteiger partial charge in [0.1, 0.15) is 22.6 Å². The van der Waals surface area contributed by atoms with Crippen molar-refractivity contribution in [3.63, 3.8) is 0 Å². The fraction of sp³-hybridized carbons (Fsp3) is 0. The van der Waals surface area contributed by atoms with Gasteiger partial charge in [-0.1, -0.05) is 30.3 Å². The molecule has 5 aromatic rings. The van der Waals surface area contributed by atoms with E-state index in [1.807, 2.05) is 22.9 Å². The molecule has 174 valence electrons. The summed E-state index contributed by atoms with van der Waals surface area (Å²) in [5.41, 5.74) is 7.27. The molecular formula is C24H17N5O5S. The summed E-state index contributed by atoms with van der Waals surface area (Å²) in [6, 6.07) is 21.2. The number of carbonyl (C=O) groups excluding carboxylic acids is 1. The van der Waals surface area contributed by atoms with E-state index < -0.39 is 21.0 Å². The van der Waals surface area contributed by atoms with Crippen LogP contribution in [0, 0.1) is 0 Å². The van der Waals surface area contributed by atoms with E-state index in [0.29, 0.717) is 28.3 Å². The highest BCUT2D eigenvalue weighted by molar-refractivity contribution is 7.90. The molecule has 3 N–H and O–H groups in total. The third kappa shape index (κ3) is 4.52. The van der Waals surface area contributed by atoms with E-state index >= 15 is 0 Å². The number of para-hydroxylation sites is 3. The minimum Gasteiger partial charge on any atom is -0.437 e. The zero-order valence-corrected chi connectivity index (χ0v) is 18.8. The number of amides is 1. The Labute approximate surface area is 199 Å². The molecule has 5 rings (SSSR count). The van der Waals surface area contributed by atoms with Gasteiger partial charge in [-0.15, -0.1) is 0 Å². The summed E-state index contributed by atoms with van der Waals surface area (Å²) < 4.78 is 39.0. The van der Waals surface area contributed by atoms with E-state index in [0.717, 1.165) is 0 Å². The minimum absolute atomic E-state index is 0.00141. The number of aromatic nitrogens is 3. The molecule has 10 nitrogen and oxygen atoms in total. The summed E-state index contributed by atoms with van der Waals surface area (Å²) in [6.45, 7) is 0. The van der Waals surface area contributed by atoms with Crippen LogP contribution in [0.4, 0.5) is 5.82 Å². The second-order valence-electron chi connectivity index (χ2n) is 7.28. The van der Waals surface area contributed by atoms with E-state index in [9.17, 15) is 13.2 Å². The number of carbonyl (C=O) groups is 1. The Morgan fingerprint density at radius 1 is 0.914 bits per heavy atom. The van der Waals surface area contributed by atoms with Gasteiger partial charge >= 0.3 is 0 Å². The average Bonchev–Trinajstić information content (AvgIpc) is 3.29. The molecule has 0 bridgehead atoms. The molecule has 2 aromatic carbocycles. The second kappa shape index (κ2) is 8.88. The van der Waals surface area contributed by atoms with Crippen LogP contribution in [-0.4, -0.2) is 29.3 Å². The molecular weight excluding hydrogens is 470 g/mol. The minimum atomic E-state index is -4.28. The van der Waals surface area contributed by atoms with Crippen molar-refractivity contribution in [2.45, 2.75) is 5.03 Å². The van der Waals surface area contributed by atoms with E-state index in [1.54, 1.807) is 30.3 Å². The van der Waals surface area contributed by atoms with E-state index in [4.69, 9.17) is 14.9 Å². The molecule has 0 aliphatic rings. The van der Waals surface area contributed by atoms with Crippen LogP contribution in [0.5, 0.6) is 11.6 Å². The molecule has 3 aromatic heterocycles. The van der Waals surface area contributed by atoms with Crippen molar-refractivity contribution < 1.29 is 22.4 Å². The van der Waals surface area contributed by atoms with Crippen LogP contribution in [0.1, 0.15) is 10.4 Å². The number of fused-ring (bicyclic) bond motifs is 1. The van der Waals surface area contributed by atoms with Crippen LogP contribution < -0.4 is 15.2 Å². The second-order valence-corrected chi connectivity index (χ2v) is 8.91. The molecule has 3 heterocycles. The molecule has 0 atom stereocenters. The lowest BCUT2D eigenvalue weighted by Crippen LogP contribution is -2.31. The molecule has 0 unspecified atom stereocenters. The normalized spacial score (nSPS) is 11.3. The predicted octanol–water partition coefficient (Wildman–Crippen LogP) is 3.78. The van der Waals surface area contributed by atoms with Gasteiger partial charge in [0.05, 0.1) is 5.56 Å².